The minimum Gasteiger partial charge on any atom is -0.352 e. The first-order valence-electron chi connectivity index (χ1n) is 10.9. The molecule has 0 spiro atoms. The van der Waals surface area contributed by atoms with Crippen molar-refractivity contribution in [1.82, 2.24) is 10.3 Å². The number of carbonyl (C=O) groups excluding carboxylic acids is 1. The summed E-state index contributed by atoms with van der Waals surface area (Å²) in [6.07, 6.45) is 11.0. The fourth-order valence-electron chi connectivity index (χ4n) is 4.00. The van der Waals surface area contributed by atoms with Gasteiger partial charge < -0.3 is 5.32 Å². The molecule has 1 aliphatic heterocycles. The molecule has 1 aromatic heterocycles. The van der Waals surface area contributed by atoms with Gasteiger partial charge in [0.15, 0.2) is 0 Å². The van der Waals surface area contributed by atoms with E-state index in [-0.39, 0.29) is 17.1 Å². The highest BCUT2D eigenvalue weighted by molar-refractivity contribution is 8.00. The zero-order chi connectivity index (χ0) is 22.6. The number of halogens is 1. The normalized spacial score (nSPS) is 18.6. The van der Waals surface area contributed by atoms with Gasteiger partial charge >= 0.3 is 0 Å². The van der Waals surface area contributed by atoms with Crippen molar-refractivity contribution in [3.05, 3.63) is 113 Å². The van der Waals surface area contributed by atoms with E-state index in [1.807, 2.05) is 60.7 Å². The number of amides is 1. The lowest BCUT2D eigenvalue weighted by Crippen LogP contribution is -2.25. The Labute approximate surface area is 202 Å². The second kappa shape index (κ2) is 9.77. The molecule has 2 aromatic carbocycles. The number of aliphatic imine (C=N–C) groups is 1. The fraction of sp³-hybridized carbons (Fsp3) is 0.148. The molecule has 0 fully saturated rings. The topological polar surface area (TPSA) is 54.4 Å². The van der Waals surface area contributed by atoms with E-state index < -0.39 is 0 Å². The molecule has 1 amide bonds. The summed E-state index contributed by atoms with van der Waals surface area (Å²) in [5, 5.41) is 3.91. The number of pyridine rings is 1. The van der Waals surface area contributed by atoms with Crippen LogP contribution in [0.1, 0.15) is 21.6 Å². The quantitative estimate of drug-likeness (QED) is 0.493. The van der Waals surface area contributed by atoms with Crippen molar-refractivity contribution in [2.75, 3.05) is 6.54 Å². The van der Waals surface area contributed by atoms with E-state index in [1.54, 1.807) is 18.0 Å². The SMILES string of the molecule is O=C(NCCc1ccccn1)c1ccc2c(c1)N=C(c1cccc(Cl)c1)C1C=CC=CC1S2. The molecule has 0 saturated carbocycles. The van der Waals surface area contributed by atoms with Gasteiger partial charge in [0.05, 0.1) is 11.4 Å². The number of nitrogens with zero attached hydrogens (tertiary/aromatic N) is 2. The van der Waals surface area contributed by atoms with Crippen LogP contribution in [0.5, 0.6) is 0 Å². The van der Waals surface area contributed by atoms with Gasteiger partial charge in [-0.25, -0.2) is 0 Å². The molecule has 4 nitrogen and oxygen atoms in total. The van der Waals surface area contributed by atoms with Crippen LogP contribution in [0.3, 0.4) is 0 Å². The number of nitrogens with one attached hydrogen (secondary N) is 1. The van der Waals surface area contributed by atoms with Crippen molar-refractivity contribution < 1.29 is 4.79 Å². The zero-order valence-electron chi connectivity index (χ0n) is 17.8. The molecular weight excluding hydrogens is 450 g/mol. The highest BCUT2D eigenvalue weighted by Gasteiger charge is 2.30. The zero-order valence-corrected chi connectivity index (χ0v) is 19.4. The van der Waals surface area contributed by atoms with Crippen molar-refractivity contribution in [1.29, 1.82) is 0 Å². The number of carbonyl (C=O) groups is 1. The number of benzene rings is 2. The Balaban J connectivity index is 1.43. The van der Waals surface area contributed by atoms with E-state index in [0.717, 1.165) is 27.6 Å². The minimum atomic E-state index is -0.111. The predicted molar refractivity (Wildman–Crippen MR) is 136 cm³/mol. The molecule has 1 aliphatic carbocycles. The first-order chi connectivity index (χ1) is 16.2. The number of rotatable bonds is 5. The summed E-state index contributed by atoms with van der Waals surface area (Å²) in [6.45, 7) is 0.526. The highest BCUT2D eigenvalue weighted by atomic mass is 35.5. The predicted octanol–water partition coefficient (Wildman–Crippen LogP) is 6.04. The molecule has 0 radical (unpaired) electrons. The van der Waals surface area contributed by atoms with E-state index in [1.165, 1.54) is 0 Å². The Hall–Kier alpha value is -3.15. The summed E-state index contributed by atoms with van der Waals surface area (Å²) in [6, 6.07) is 19.4. The fourth-order valence-corrected chi connectivity index (χ4v) is 5.39. The Morgan fingerprint density at radius 3 is 2.79 bits per heavy atom. The van der Waals surface area contributed by atoms with Crippen molar-refractivity contribution in [2.24, 2.45) is 10.9 Å². The summed E-state index contributed by atoms with van der Waals surface area (Å²) < 4.78 is 0. The van der Waals surface area contributed by atoms with Gasteiger partial charge in [-0.15, -0.1) is 11.8 Å². The lowest BCUT2D eigenvalue weighted by Gasteiger charge is -2.23. The summed E-state index contributed by atoms with van der Waals surface area (Å²) in [4.78, 5) is 23.3. The van der Waals surface area contributed by atoms with Gasteiger partial charge in [0.2, 0.25) is 0 Å². The van der Waals surface area contributed by atoms with Crippen LogP contribution in [0.2, 0.25) is 5.02 Å². The molecule has 0 saturated heterocycles. The van der Waals surface area contributed by atoms with Crippen molar-refractivity contribution in [3.8, 4) is 0 Å². The van der Waals surface area contributed by atoms with Gasteiger partial charge in [-0.05, 0) is 48.0 Å². The molecule has 164 valence electrons. The Bertz CT molecular complexity index is 1270. The first kappa shape index (κ1) is 21.7. The molecule has 2 atom stereocenters. The summed E-state index contributed by atoms with van der Waals surface area (Å²) in [5.74, 6) is 0.0150. The third kappa shape index (κ3) is 4.95. The molecule has 0 bridgehead atoms. The van der Waals surface area contributed by atoms with E-state index in [2.05, 4.69) is 34.6 Å². The standard InChI is InChI=1S/C27H22ClN3OS/c28-20-7-5-6-18(16-20)26-22-9-1-2-10-24(22)33-25-12-11-19(17-23(25)31-26)27(32)30-15-13-21-8-3-4-14-29-21/h1-12,14,16-17,22,24H,13,15H2,(H,30,32). The van der Waals surface area contributed by atoms with Gasteiger partial charge in [-0.3, -0.25) is 14.8 Å². The maximum absolute atomic E-state index is 12.8. The number of thioether (sulfide) groups is 1. The first-order valence-corrected chi connectivity index (χ1v) is 12.1. The second-order valence-electron chi connectivity index (χ2n) is 7.89. The molecule has 6 heteroatoms. The number of hydrogen-bond acceptors (Lipinski definition) is 4. The van der Waals surface area contributed by atoms with E-state index >= 15 is 0 Å². The maximum atomic E-state index is 12.8. The molecule has 2 aliphatic rings. The number of aromatic nitrogens is 1. The molecule has 33 heavy (non-hydrogen) atoms. The van der Waals surface area contributed by atoms with Crippen LogP contribution in [-0.4, -0.2) is 28.4 Å². The third-order valence-corrected chi connectivity index (χ3v) is 7.20. The van der Waals surface area contributed by atoms with Crippen molar-refractivity contribution in [3.63, 3.8) is 0 Å². The van der Waals surface area contributed by atoms with Crippen LogP contribution in [0, 0.1) is 5.92 Å². The van der Waals surface area contributed by atoms with E-state index in [9.17, 15) is 4.79 Å². The van der Waals surface area contributed by atoms with Crippen molar-refractivity contribution >= 4 is 40.7 Å². The number of hydrogen-bond donors (Lipinski definition) is 1. The van der Waals surface area contributed by atoms with Gasteiger partial charge in [-0.2, -0.15) is 0 Å². The second-order valence-corrected chi connectivity index (χ2v) is 9.55. The van der Waals surface area contributed by atoms with E-state index in [4.69, 9.17) is 16.6 Å². The Morgan fingerprint density at radius 1 is 1.03 bits per heavy atom. The smallest absolute Gasteiger partial charge is 0.251 e. The molecular formula is C27H22ClN3OS. The van der Waals surface area contributed by atoms with Crippen LogP contribution in [-0.2, 0) is 6.42 Å². The maximum Gasteiger partial charge on any atom is 0.251 e. The monoisotopic (exact) mass is 471 g/mol. The summed E-state index contributed by atoms with van der Waals surface area (Å²) in [5.41, 5.74) is 4.32. The average Bonchev–Trinajstić information content (AvgIpc) is 3.01. The summed E-state index contributed by atoms with van der Waals surface area (Å²) in [7, 11) is 0. The van der Waals surface area contributed by atoms with Crippen LogP contribution in [0.25, 0.3) is 0 Å². The number of allylic oxidation sites excluding steroid dienone is 3. The van der Waals surface area contributed by atoms with Crippen LogP contribution >= 0.6 is 23.4 Å². The van der Waals surface area contributed by atoms with E-state index in [0.29, 0.717) is 23.6 Å². The Kier molecular flexibility index (Phi) is 6.42. The van der Waals surface area contributed by atoms with Gasteiger partial charge in [0.1, 0.15) is 0 Å². The molecule has 1 N–H and O–H groups in total. The van der Waals surface area contributed by atoms with Crippen LogP contribution < -0.4 is 5.32 Å². The summed E-state index contributed by atoms with van der Waals surface area (Å²) >= 11 is 8.06. The van der Waals surface area contributed by atoms with Gasteiger partial charge in [0.25, 0.3) is 5.91 Å². The lowest BCUT2D eigenvalue weighted by atomic mass is 9.90. The minimum absolute atomic E-state index is 0.111. The third-order valence-electron chi connectivity index (χ3n) is 5.64. The average molecular weight is 472 g/mol. The van der Waals surface area contributed by atoms with Crippen LogP contribution in [0.15, 0.2) is 101 Å². The molecule has 2 heterocycles. The Morgan fingerprint density at radius 2 is 1.94 bits per heavy atom. The highest BCUT2D eigenvalue weighted by Crippen LogP contribution is 2.43. The number of fused-ring (bicyclic) bond motifs is 2. The van der Waals surface area contributed by atoms with Gasteiger partial charge in [0, 0.05) is 51.5 Å². The van der Waals surface area contributed by atoms with Crippen LogP contribution in [0.4, 0.5) is 5.69 Å². The van der Waals surface area contributed by atoms with Gasteiger partial charge in [-0.1, -0.05) is 54.1 Å². The molecule has 3 aromatic rings. The van der Waals surface area contributed by atoms with Crippen molar-refractivity contribution in [2.45, 2.75) is 16.6 Å². The largest absolute Gasteiger partial charge is 0.352 e. The lowest BCUT2D eigenvalue weighted by molar-refractivity contribution is 0.0954. The molecule has 5 rings (SSSR count). The molecule has 2 unspecified atom stereocenters.